The Labute approximate surface area is 186 Å². The molecule has 31 heavy (non-hydrogen) atoms. The first-order valence-corrected chi connectivity index (χ1v) is 11.4. The maximum atomic E-state index is 12.5. The molecule has 2 aromatic carbocycles. The number of nitrogens with zero attached hydrogens (tertiary/aromatic N) is 4. The molecule has 0 aliphatic rings. The molecule has 0 saturated carbocycles. The van der Waals surface area contributed by atoms with Crippen LogP contribution in [0, 0.1) is 6.92 Å². The van der Waals surface area contributed by atoms with E-state index in [-0.39, 0.29) is 5.91 Å². The molecule has 0 aliphatic carbocycles. The molecule has 0 radical (unpaired) electrons. The molecule has 4 aromatic rings. The number of benzene rings is 2. The maximum absolute atomic E-state index is 12.5. The van der Waals surface area contributed by atoms with Crippen LogP contribution in [0.15, 0.2) is 78.3 Å². The van der Waals surface area contributed by atoms with Gasteiger partial charge in [-0.15, -0.1) is 0 Å². The van der Waals surface area contributed by atoms with E-state index >= 15 is 0 Å². The predicted molar refractivity (Wildman–Crippen MR) is 124 cm³/mol. The van der Waals surface area contributed by atoms with Crippen molar-refractivity contribution in [2.24, 2.45) is 0 Å². The number of thioether (sulfide) groups is 1. The summed E-state index contributed by atoms with van der Waals surface area (Å²) in [4.78, 5) is 16.8. The number of carbonyl (C=O) groups excluding carboxylic acids is 1. The summed E-state index contributed by atoms with van der Waals surface area (Å²) in [6.07, 6.45) is 9.49. The monoisotopic (exact) mass is 431 g/mol. The van der Waals surface area contributed by atoms with Gasteiger partial charge in [0, 0.05) is 36.4 Å². The zero-order chi connectivity index (χ0) is 21.6. The molecule has 158 valence electrons. The van der Waals surface area contributed by atoms with E-state index < -0.39 is 0 Å². The number of nitrogens with one attached hydrogen (secondary N) is 1. The van der Waals surface area contributed by atoms with E-state index in [1.807, 2.05) is 83.2 Å². The molecule has 0 spiro atoms. The van der Waals surface area contributed by atoms with Crippen molar-refractivity contribution in [2.45, 2.75) is 24.9 Å². The first kappa shape index (κ1) is 20.9. The van der Waals surface area contributed by atoms with Crippen LogP contribution in [-0.2, 0) is 6.42 Å². The van der Waals surface area contributed by atoms with Gasteiger partial charge in [-0.3, -0.25) is 9.36 Å². The molecule has 0 fully saturated rings. The van der Waals surface area contributed by atoms with Crippen LogP contribution in [0.5, 0.6) is 0 Å². The van der Waals surface area contributed by atoms with Crippen molar-refractivity contribution in [1.29, 1.82) is 0 Å². The Morgan fingerprint density at radius 2 is 1.84 bits per heavy atom. The van der Waals surface area contributed by atoms with Gasteiger partial charge in [0.05, 0.1) is 11.4 Å². The molecule has 0 saturated heterocycles. The summed E-state index contributed by atoms with van der Waals surface area (Å²) in [5.74, 6) is -0.0565. The minimum Gasteiger partial charge on any atom is -0.352 e. The van der Waals surface area contributed by atoms with Crippen molar-refractivity contribution in [2.75, 3.05) is 12.8 Å². The third kappa shape index (κ3) is 4.88. The number of amides is 1. The van der Waals surface area contributed by atoms with Crippen LogP contribution in [0.3, 0.4) is 0 Å². The second kappa shape index (κ2) is 9.66. The van der Waals surface area contributed by atoms with Crippen LogP contribution in [0.4, 0.5) is 0 Å². The fourth-order valence-corrected chi connectivity index (χ4v) is 3.98. The minimum absolute atomic E-state index is 0.0565. The molecule has 7 heteroatoms. The highest BCUT2D eigenvalue weighted by molar-refractivity contribution is 7.98. The number of carbonyl (C=O) groups is 1. The van der Waals surface area contributed by atoms with Crippen molar-refractivity contribution >= 4 is 17.7 Å². The largest absolute Gasteiger partial charge is 0.352 e. The highest BCUT2D eigenvalue weighted by atomic mass is 32.2. The minimum atomic E-state index is -0.0565. The predicted octanol–water partition coefficient (Wildman–Crippen LogP) is 4.45. The van der Waals surface area contributed by atoms with Gasteiger partial charge in [0.2, 0.25) is 0 Å². The van der Waals surface area contributed by atoms with Gasteiger partial charge in [-0.05, 0) is 68.0 Å². The lowest BCUT2D eigenvalue weighted by molar-refractivity contribution is 0.0953. The van der Waals surface area contributed by atoms with Crippen LogP contribution in [0.25, 0.3) is 11.4 Å². The Bertz CT molecular complexity index is 1150. The number of imidazole rings is 1. The smallest absolute Gasteiger partial charge is 0.251 e. The van der Waals surface area contributed by atoms with Gasteiger partial charge in [0.15, 0.2) is 5.16 Å². The molecular formula is C24H25N5OS. The van der Waals surface area contributed by atoms with Gasteiger partial charge < -0.3 is 5.32 Å². The molecule has 0 aliphatic heterocycles. The van der Waals surface area contributed by atoms with Crippen molar-refractivity contribution in [3.05, 3.63) is 90.0 Å². The average Bonchev–Trinajstić information content (AvgIpc) is 3.44. The first-order valence-electron chi connectivity index (χ1n) is 10.2. The van der Waals surface area contributed by atoms with Gasteiger partial charge >= 0.3 is 0 Å². The summed E-state index contributed by atoms with van der Waals surface area (Å²) in [6.45, 7) is 2.65. The lowest BCUT2D eigenvalue weighted by Crippen LogP contribution is -2.24. The van der Waals surface area contributed by atoms with Crippen molar-refractivity contribution in [3.63, 3.8) is 0 Å². The van der Waals surface area contributed by atoms with Crippen LogP contribution in [0.2, 0.25) is 0 Å². The molecule has 0 atom stereocenters. The number of aryl methyl sites for hydroxylation is 2. The lowest BCUT2D eigenvalue weighted by Gasteiger charge is -2.08. The van der Waals surface area contributed by atoms with Crippen molar-refractivity contribution in [3.8, 4) is 11.4 Å². The lowest BCUT2D eigenvalue weighted by atomic mass is 10.1. The average molecular weight is 432 g/mol. The van der Waals surface area contributed by atoms with E-state index in [1.54, 1.807) is 18.0 Å². The van der Waals surface area contributed by atoms with E-state index in [4.69, 9.17) is 0 Å². The third-order valence-corrected chi connectivity index (χ3v) is 5.79. The second-order valence-electron chi connectivity index (χ2n) is 7.21. The zero-order valence-electron chi connectivity index (χ0n) is 17.7. The Morgan fingerprint density at radius 1 is 1.06 bits per heavy atom. The summed E-state index contributed by atoms with van der Waals surface area (Å²) in [5.41, 5.74) is 4.92. The number of para-hydroxylation sites is 1. The standard InChI is InChI=1S/C24H25N5OS/c1-18-20(17-29(27-18)22-8-4-3-5-9-22)7-6-14-25-23(30)19-10-12-21(13-11-19)28-16-15-26-24(28)31-2/h3-5,8-13,15-17H,6-7,14H2,1-2H3,(H,25,30). The van der Waals surface area contributed by atoms with Gasteiger partial charge in [-0.1, -0.05) is 30.0 Å². The SMILES string of the molecule is CSc1nccn1-c1ccc(C(=O)NCCCc2cn(-c3ccccc3)nc2C)cc1. The quantitative estimate of drug-likeness (QED) is 0.331. The Kier molecular flexibility index (Phi) is 6.52. The van der Waals surface area contributed by atoms with E-state index in [0.29, 0.717) is 12.1 Å². The second-order valence-corrected chi connectivity index (χ2v) is 7.98. The number of hydrogen-bond donors (Lipinski definition) is 1. The normalized spacial score (nSPS) is 10.9. The molecule has 4 rings (SSSR count). The van der Waals surface area contributed by atoms with E-state index in [1.165, 1.54) is 5.56 Å². The van der Waals surface area contributed by atoms with Crippen molar-refractivity contribution in [1.82, 2.24) is 24.6 Å². The number of rotatable bonds is 8. The van der Waals surface area contributed by atoms with Crippen LogP contribution in [0.1, 0.15) is 28.0 Å². The highest BCUT2D eigenvalue weighted by Crippen LogP contribution is 2.18. The van der Waals surface area contributed by atoms with E-state index in [2.05, 4.69) is 21.6 Å². The maximum Gasteiger partial charge on any atom is 0.251 e. The first-order chi connectivity index (χ1) is 15.2. The molecule has 0 unspecified atom stereocenters. The van der Waals surface area contributed by atoms with Gasteiger partial charge in [-0.25, -0.2) is 9.67 Å². The zero-order valence-corrected chi connectivity index (χ0v) is 18.5. The van der Waals surface area contributed by atoms with Crippen LogP contribution < -0.4 is 5.32 Å². The number of hydrogen-bond acceptors (Lipinski definition) is 4. The summed E-state index contributed by atoms with van der Waals surface area (Å²) in [5, 5.41) is 8.54. The molecule has 1 N–H and O–H groups in total. The van der Waals surface area contributed by atoms with Gasteiger partial charge in [0.25, 0.3) is 5.91 Å². The molecule has 6 nitrogen and oxygen atoms in total. The summed E-state index contributed by atoms with van der Waals surface area (Å²) < 4.78 is 3.91. The van der Waals surface area contributed by atoms with E-state index in [0.717, 1.165) is 35.1 Å². The molecule has 2 aromatic heterocycles. The topological polar surface area (TPSA) is 64.7 Å². The fraction of sp³-hybridized carbons (Fsp3) is 0.208. The summed E-state index contributed by atoms with van der Waals surface area (Å²) in [6, 6.07) is 17.7. The highest BCUT2D eigenvalue weighted by Gasteiger charge is 2.09. The number of aromatic nitrogens is 4. The fourth-order valence-electron chi connectivity index (χ4n) is 3.45. The Balaban J connectivity index is 1.29. The summed E-state index contributed by atoms with van der Waals surface area (Å²) >= 11 is 1.59. The van der Waals surface area contributed by atoms with Gasteiger partial charge in [0.1, 0.15) is 0 Å². The Morgan fingerprint density at radius 3 is 2.58 bits per heavy atom. The molecule has 1 amide bonds. The van der Waals surface area contributed by atoms with E-state index in [9.17, 15) is 4.79 Å². The molecular weight excluding hydrogens is 406 g/mol. The Hall–Kier alpha value is -3.32. The van der Waals surface area contributed by atoms with Crippen molar-refractivity contribution < 1.29 is 4.79 Å². The molecule has 0 bridgehead atoms. The van der Waals surface area contributed by atoms with Crippen LogP contribution >= 0.6 is 11.8 Å². The third-order valence-electron chi connectivity index (χ3n) is 5.13. The van der Waals surface area contributed by atoms with Crippen LogP contribution in [-0.4, -0.2) is 38.0 Å². The van der Waals surface area contributed by atoms with Gasteiger partial charge in [-0.2, -0.15) is 5.10 Å². The summed E-state index contributed by atoms with van der Waals surface area (Å²) in [7, 11) is 0. The molecule has 2 heterocycles.